The molecule has 1 aliphatic rings. The molecule has 0 spiro atoms. The van der Waals surface area contributed by atoms with E-state index in [4.69, 9.17) is 11.6 Å². The molecule has 0 N–H and O–H groups in total. The molecule has 0 aliphatic carbocycles. The Bertz CT molecular complexity index is 723. The second kappa shape index (κ2) is 5.03. The van der Waals surface area contributed by atoms with Crippen LogP contribution in [0.2, 0.25) is 0 Å². The summed E-state index contributed by atoms with van der Waals surface area (Å²) in [5.74, 6) is -0.880. The molecule has 1 aromatic carbocycles. The standard InChI is InChI=1S/C12H9ClF3NO3S/c1-2-17-11(18)9(13)10(21(17,19)20)7-3-5-8(6-4-7)12(14,15)16/h3-6H,2H2,1H3. The van der Waals surface area contributed by atoms with E-state index in [2.05, 4.69) is 0 Å². The zero-order valence-corrected chi connectivity index (χ0v) is 12.2. The number of halogens is 4. The Morgan fingerprint density at radius 2 is 1.71 bits per heavy atom. The van der Waals surface area contributed by atoms with Crippen molar-refractivity contribution in [3.63, 3.8) is 0 Å². The van der Waals surface area contributed by atoms with E-state index < -0.39 is 37.6 Å². The Hall–Kier alpha value is -1.54. The van der Waals surface area contributed by atoms with Crippen LogP contribution in [0.1, 0.15) is 18.1 Å². The Labute approximate surface area is 123 Å². The Balaban J connectivity index is 2.54. The minimum atomic E-state index is -4.53. The number of hydrogen-bond acceptors (Lipinski definition) is 3. The topological polar surface area (TPSA) is 54.5 Å². The van der Waals surface area contributed by atoms with Gasteiger partial charge >= 0.3 is 6.18 Å². The SMILES string of the molecule is CCN1C(=O)C(Cl)=C(c2ccc(C(F)(F)F)cc2)S1(=O)=O. The van der Waals surface area contributed by atoms with Crippen molar-refractivity contribution in [1.82, 2.24) is 4.31 Å². The largest absolute Gasteiger partial charge is 0.416 e. The van der Waals surface area contributed by atoms with Crippen molar-refractivity contribution in [2.45, 2.75) is 13.1 Å². The summed E-state index contributed by atoms with van der Waals surface area (Å²) < 4.78 is 62.4. The van der Waals surface area contributed by atoms with E-state index in [9.17, 15) is 26.4 Å². The summed E-state index contributed by atoms with van der Waals surface area (Å²) in [7, 11) is -4.13. The molecule has 4 nitrogen and oxygen atoms in total. The van der Waals surface area contributed by atoms with Gasteiger partial charge in [0.1, 0.15) is 9.94 Å². The number of amides is 1. The summed E-state index contributed by atoms with van der Waals surface area (Å²) in [5.41, 5.74) is -0.977. The molecule has 0 atom stereocenters. The third kappa shape index (κ3) is 2.53. The van der Waals surface area contributed by atoms with Crippen molar-refractivity contribution in [3.05, 3.63) is 40.4 Å². The number of rotatable bonds is 2. The molecular formula is C12H9ClF3NO3S. The van der Waals surface area contributed by atoms with Crippen LogP contribution < -0.4 is 0 Å². The van der Waals surface area contributed by atoms with E-state index >= 15 is 0 Å². The lowest BCUT2D eigenvalue weighted by Gasteiger charge is -2.13. The molecule has 0 aromatic heterocycles. The van der Waals surface area contributed by atoms with Gasteiger partial charge in [0.05, 0.1) is 5.56 Å². The van der Waals surface area contributed by atoms with Crippen LogP contribution in [0.4, 0.5) is 13.2 Å². The fraction of sp³-hybridized carbons (Fsp3) is 0.250. The zero-order valence-electron chi connectivity index (χ0n) is 10.6. The lowest BCUT2D eigenvalue weighted by Crippen LogP contribution is -2.30. The number of nitrogens with zero attached hydrogens (tertiary/aromatic N) is 1. The van der Waals surface area contributed by atoms with Crippen LogP contribution in [0.5, 0.6) is 0 Å². The molecule has 2 rings (SSSR count). The van der Waals surface area contributed by atoms with Gasteiger partial charge in [0.25, 0.3) is 15.9 Å². The van der Waals surface area contributed by atoms with Crippen LogP contribution in [-0.2, 0) is 21.0 Å². The third-order valence-electron chi connectivity index (χ3n) is 2.92. The first-order valence-electron chi connectivity index (χ1n) is 5.75. The molecule has 114 valence electrons. The molecule has 1 heterocycles. The molecule has 0 saturated heterocycles. The number of carbonyl (C=O) groups is 1. The fourth-order valence-electron chi connectivity index (χ4n) is 1.94. The van der Waals surface area contributed by atoms with Gasteiger partial charge in [0.15, 0.2) is 0 Å². The first-order valence-corrected chi connectivity index (χ1v) is 7.57. The average Bonchev–Trinajstić information content (AvgIpc) is 2.54. The maximum Gasteiger partial charge on any atom is 0.416 e. The summed E-state index contributed by atoms with van der Waals surface area (Å²) in [6, 6.07) is 3.43. The monoisotopic (exact) mass is 339 g/mol. The molecule has 1 aromatic rings. The minimum absolute atomic E-state index is 0.0581. The van der Waals surface area contributed by atoms with Crippen LogP contribution in [0.3, 0.4) is 0 Å². The van der Waals surface area contributed by atoms with Crippen LogP contribution in [0.25, 0.3) is 4.91 Å². The number of sulfonamides is 1. The number of carbonyl (C=O) groups excluding carboxylic acids is 1. The van der Waals surface area contributed by atoms with Gasteiger partial charge in [-0.2, -0.15) is 13.2 Å². The molecular weight excluding hydrogens is 331 g/mol. The summed E-state index contributed by atoms with van der Waals surface area (Å²) in [6.45, 7) is 1.34. The molecule has 0 unspecified atom stereocenters. The average molecular weight is 340 g/mol. The Morgan fingerprint density at radius 3 is 2.10 bits per heavy atom. The quantitative estimate of drug-likeness (QED) is 0.832. The zero-order chi connectivity index (χ0) is 16.0. The van der Waals surface area contributed by atoms with Gasteiger partial charge in [-0.15, -0.1) is 0 Å². The number of likely N-dealkylation sites (N-methyl/N-ethyl adjacent to an activating group) is 1. The first kappa shape index (κ1) is 15.8. The maximum absolute atomic E-state index is 12.5. The van der Waals surface area contributed by atoms with E-state index in [1.165, 1.54) is 6.92 Å². The summed E-state index contributed by atoms with van der Waals surface area (Å²) >= 11 is 5.74. The van der Waals surface area contributed by atoms with Crippen molar-refractivity contribution >= 4 is 32.4 Å². The van der Waals surface area contributed by atoms with E-state index in [0.29, 0.717) is 4.31 Å². The smallest absolute Gasteiger partial charge is 0.267 e. The van der Waals surface area contributed by atoms with Gasteiger partial charge in [0, 0.05) is 6.54 Å². The van der Waals surface area contributed by atoms with Gasteiger partial charge < -0.3 is 0 Å². The highest BCUT2D eigenvalue weighted by Gasteiger charge is 2.43. The van der Waals surface area contributed by atoms with Gasteiger partial charge in [-0.25, -0.2) is 12.7 Å². The normalized spacial score (nSPS) is 18.5. The summed E-state index contributed by atoms with van der Waals surface area (Å²) in [4.78, 5) is 11.3. The lowest BCUT2D eigenvalue weighted by molar-refractivity contribution is -0.137. The Kier molecular flexibility index (Phi) is 3.79. The van der Waals surface area contributed by atoms with E-state index in [1.807, 2.05) is 0 Å². The second-order valence-electron chi connectivity index (χ2n) is 4.19. The predicted octanol–water partition coefficient (Wildman–Crippen LogP) is 2.80. The van der Waals surface area contributed by atoms with E-state index in [0.717, 1.165) is 24.3 Å². The first-order chi connectivity index (χ1) is 9.60. The molecule has 0 radical (unpaired) electrons. The highest BCUT2D eigenvalue weighted by Crippen LogP contribution is 2.38. The number of benzene rings is 1. The number of alkyl halides is 3. The van der Waals surface area contributed by atoms with E-state index in [-0.39, 0.29) is 12.1 Å². The van der Waals surface area contributed by atoms with Gasteiger partial charge in [0.2, 0.25) is 0 Å². The molecule has 0 bridgehead atoms. The van der Waals surface area contributed by atoms with Crippen molar-refractivity contribution in [2.24, 2.45) is 0 Å². The van der Waals surface area contributed by atoms with Crippen molar-refractivity contribution < 1.29 is 26.4 Å². The molecule has 0 fully saturated rings. The fourth-order valence-corrected chi connectivity index (χ4v) is 4.11. The summed E-state index contributed by atoms with van der Waals surface area (Å²) in [5, 5.41) is -0.517. The molecule has 21 heavy (non-hydrogen) atoms. The van der Waals surface area contributed by atoms with Gasteiger partial charge in [-0.05, 0) is 24.6 Å². The molecule has 0 saturated carbocycles. The predicted molar refractivity (Wildman–Crippen MR) is 70.5 cm³/mol. The van der Waals surface area contributed by atoms with Gasteiger partial charge in [-0.1, -0.05) is 23.7 Å². The minimum Gasteiger partial charge on any atom is -0.267 e. The van der Waals surface area contributed by atoms with Gasteiger partial charge in [-0.3, -0.25) is 4.79 Å². The second-order valence-corrected chi connectivity index (χ2v) is 6.37. The van der Waals surface area contributed by atoms with Crippen LogP contribution >= 0.6 is 11.6 Å². The lowest BCUT2D eigenvalue weighted by atomic mass is 10.1. The van der Waals surface area contributed by atoms with E-state index in [1.54, 1.807) is 0 Å². The molecule has 1 amide bonds. The van der Waals surface area contributed by atoms with Crippen molar-refractivity contribution in [1.29, 1.82) is 0 Å². The summed E-state index contributed by atoms with van der Waals surface area (Å²) in [6.07, 6.45) is -4.53. The highest BCUT2D eigenvalue weighted by molar-refractivity contribution is 7.99. The number of hydrogen-bond donors (Lipinski definition) is 0. The van der Waals surface area contributed by atoms with Crippen molar-refractivity contribution in [3.8, 4) is 0 Å². The van der Waals surface area contributed by atoms with Crippen molar-refractivity contribution in [2.75, 3.05) is 6.54 Å². The van der Waals surface area contributed by atoms with Crippen LogP contribution in [0, 0.1) is 0 Å². The molecule has 9 heteroatoms. The highest BCUT2D eigenvalue weighted by atomic mass is 35.5. The molecule has 1 aliphatic heterocycles. The maximum atomic E-state index is 12.5. The van der Waals surface area contributed by atoms with Crippen LogP contribution in [0.15, 0.2) is 29.3 Å². The van der Waals surface area contributed by atoms with Crippen LogP contribution in [-0.4, -0.2) is 25.2 Å². The Morgan fingerprint density at radius 1 is 1.19 bits per heavy atom. The third-order valence-corrected chi connectivity index (χ3v) is 5.35.